The minimum atomic E-state index is 0.0840. The van der Waals surface area contributed by atoms with E-state index in [9.17, 15) is 4.79 Å². The lowest BCUT2D eigenvalue weighted by molar-refractivity contribution is -0.122. The Labute approximate surface area is 166 Å². The van der Waals surface area contributed by atoms with Crippen LogP contribution in [0.2, 0.25) is 0 Å². The van der Waals surface area contributed by atoms with Crippen LogP contribution in [0.25, 0.3) is 22.2 Å². The standard InChI is InChI=1S/C24H27N3O/c1-2-14-26-15-12-21(13-16-26)25-24(28)18-27-22-11-7-6-10-20(22)17-23(27)19-8-4-3-5-9-19/h2-11,17,21H,1,12-16,18H2,(H,25,28). The van der Waals surface area contributed by atoms with E-state index in [1.807, 2.05) is 36.4 Å². The molecule has 0 atom stereocenters. The van der Waals surface area contributed by atoms with Gasteiger partial charge in [0.25, 0.3) is 0 Å². The van der Waals surface area contributed by atoms with E-state index in [1.165, 1.54) is 0 Å². The summed E-state index contributed by atoms with van der Waals surface area (Å²) in [5.74, 6) is 0.0840. The highest BCUT2D eigenvalue weighted by atomic mass is 16.2. The highest BCUT2D eigenvalue weighted by molar-refractivity contribution is 5.89. The molecule has 1 fully saturated rings. The summed E-state index contributed by atoms with van der Waals surface area (Å²) in [6.07, 6.45) is 3.94. The van der Waals surface area contributed by atoms with Gasteiger partial charge in [0.1, 0.15) is 6.54 Å². The van der Waals surface area contributed by atoms with Gasteiger partial charge < -0.3 is 9.88 Å². The zero-order chi connectivity index (χ0) is 19.3. The summed E-state index contributed by atoms with van der Waals surface area (Å²) in [7, 11) is 0. The Balaban J connectivity index is 1.51. The minimum Gasteiger partial charge on any atom is -0.352 e. The molecule has 4 heteroatoms. The molecule has 1 aliphatic rings. The average molecular weight is 374 g/mol. The molecule has 1 saturated heterocycles. The van der Waals surface area contributed by atoms with Gasteiger partial charge in [-0.1, -0.05) is 54.6 Å². The number of hydrogen-bond donors (Lipinski definition) is 1. The molecule has 4 rings (SSSR count). The summed E-state index contributed by atoms with van der Waals surface area (Å²) in [5, 5.41) is 4.41. The van der Waals surface area contributed by atoms with Crippen LogP contribution in [0, 0.1) is 0 Å². The van der Waals surface area contributed by atoms with Crippen molar-refractivity contribution in [3.63, 3.8) is 0 Å². The maximum absolute atomic E-state index is 12.9. The van der Waals surface area contributed by atoms with E-state index in [0.29, 0.717) is 6.54 Å². The third kappa shape index (κ3) is 4.02. The van der Waals surface area contributed by atoms with E-state index in [1.54, 1.807) is 0 Å². The molecular formula is C24H27N3O. The van der Waals surface area contributed by atoms with Crippen LogP contribution >= 0.6 is 0 Å². The van der Waals surface area contributed by atoms with Crippen LogP contribution in [-0.2, 0) is 11.3 Å². The topological polar surface area (TPSA) is 37.3 Å². The zero-order valence-corrected chi connectivity index (χ0v) is 16.2. The Kier molecular flexibility index (Phi) is 5.58. The number of aromatic nitrogens is 1. The number of carbonyl (C=O) groups excluding carboxylic acids is 1. The van der Waals surface area contributed by atoms with Crippen molar-refractivity contribution in [3.05, 3.63) is 73.3 Å². The Bertz CT molecular complexity index is 952. The predicted octanol–water partition coefficient (Wildman–Crippen LogP) is 4.07. The number of carbonyl (C=O) groups is 1. The van der Waals surface area contributed by atoms with E-state index in [2.05, 4.69) is 51.7 Å². The molecule has 0 aliphatic carbocycles. The molecule has 1 amide bonds. The summed E-state index contributed by atoms with van der Waals surface area (Å²) >= 11 is 0. The predicted molar refractivity (Wildman–Crippen MR) is 115 cm³/mol. The van der Waals surface area contributed by atoms with Crippen molar-refractivity contribution in [2.24, 2.45) is 0 Å². The van der Waals surface area contributed by atoms with E-state index in [-0.39, 0.29) is 11.9 Å². The molecule has 1 aromatic heterocycles. The number of rotatable bonds is 6. The number of hydrogen-bond acceptors (Lipinski definition) is 2. The SMILES string of the molecule is C=CCN1CCC(NC(=O)Cn2c(-c3ccccc3)cc3ccccc32)CC1. The maximum atomic E-state index is 12.9. The molecule has 0 radical (unpaired) electrons. The van der Waals surface area contributed by atoms with E-state index < -0.39 is 0 Å². The lowest BCUT2D eigenvalue weighted by atomic mass is 10.1. The summed E-state index contributed by atoms with van der Waals surface area (Å²) in [4.78, 5) is 15.2. The van der Waals surface area contributed by atoms with Gasteiger partial charge in [0.2, 0.25) is 5.91 Å². The molecule has 144 valence electrons. The number of nitrogens with one attached hydrogen (secondary N) is 1. The lowest BCUT2D eigenvalue weighted by Gasteiger charge is -2.31. The lowest BCUT2D eigenvalue weighted by Crippen LogP contribution is -2.45. The number of nitrogens with zero attached hydrogens (tertiary/aromatic N) is 2. The number of piperidine rings is 1. The van der Waals surface area contributed by atoms with Gasteiger partial charge >= 0.3 is 0 Å². The Morgan fingerprint density at radius 2 is 1.79 bits per heavy atom. The first-order valence-corrected chi connectivity index (χ1v) is 10.0. The first-order chi connectivity index (χ1) is 13.7. The van der Waals surface area contributed by atoms with Crippen LogP contribution in [-0.4, -0.2) is 41.1 Å². The fraction of sp³-hybridized carbons (Fsp3) is 0.292. The summed E-state index contributed by atoms with van der Waals surface area (Å²) < 4.78 is 2.13. The van der Waals surface area contributed by atoms with Gasteiger partial charge in [0.05, 0.1) is 0 Å². The Morgan fingerprint density at radius 3 is 2.54 bits per heavy atom. The van der Waals surface area contributed by atoms with Gasteiger partial charge in [-0.25, -0.2) is 0 Å². The fourth-order valence-corrected chi connectivity index (χ4v) is 4.09. The van der Waals surface area contributed by atoms with Crippen LogP contribution < -0.4 is 5.32 Å². The summed E-state index contributed by atoms with van der Waals surface area (Å²) in [5.41, 5.74) is 3.30. The molecule has 1 N–H and O–H groups in total. The molecule has 28 heavy (non-hydrogen) atoms. The van der Waals surface area contributed by atoms with Gasteiger partial charge in [0.15, 0.2) is 0 Å². The molecule has 0 saturated carbocycles. The molecular weight excluding hydrogens is 346 g/mol. The number of benzene rings is 2. The van der Waals surface area contributed by atoms with Gasteiger partial charge in [-0.15, -0.1) is 6.58 Å². The molecule has 0 spiro atoms. The number of likely N-dealkylation sites (tertiary alicyclic amines) is 1. The number of para-hydroxylation sites is 1. The van der Waals surface area contributed by atoms with Crippen molar-refractivity contribution in [2.45, 2.75) is 25.4 Å². The molecule has 0 unspecified atom stereocenters. The van der Waals surface area contributed by atoms with Crippen LogP contribution in [0.5, 0.6) is 0 Å². The van der Waals surface area contributed by atoms with Crippen molar-refractivity contribution >= 4 is 16.8 Å². The second-order valence-electron chi connectivity index (χ2n) is 7.47. The van der Waals surface area contributed by atoms with E-state index in [0.717, 1.165) is 54.6 Å². The van der Waals surface area contributed by atoms with Crippen LogP contribution in [0.3, 0.4) is 0 Å². The van der Waals surface area contributed by atoms with Gasteiger partial charge in [-0.3, -0.25) is 9.69 Å². The summed E-state index contributed by atoms with van der Waals surface area (Å²) in [6, 6.07) is 21.0. The molecule has 2 aromatic carbocycles. The van der Waals surface area contributed by atoms with Crippen LogP contribution in [0.4, 0.5) is 0 Å². The second kappa shape index (κ2) is 8.44. The van der Waals surface area contributed by atoms with Crippen molar-refractivity contribution in [1.29, 1.82) is 0 Å². The largest absolute Gasteiger partial charge is 0.352 e. The van der Waals surface area contributed by atoms with Crippen LogP contribution in [0.15, 0.2) is 73.3 Å². The van der Waals surface area contributed by atoms with Crippen LogP contribution in [0.1, 0.15) is 12.8 Å². The van der Waals surface area contributed by atoms with Crippen molar-refractivity contribution < 1.29 is 4.79 Å². The fourth-order valence-electron chi connectivity index (χ4n) is 4.09. The Morgan fingerprint density at radius 1 is 1.07 bits per heavy atom. The third-order valence-corrected chi connectivity index (χ3v) is 5.52. The van der Waals surface area contributed by atoms with Crippen molar-refractivity contribution in [3.8, 4) is 11.3 Å². The quantitative estimate of drug-likeness (QED) is 0.661. The first kappa shape index (κ1) is 18.5. The van der Waals surface area contributed by atoms with E-state index in [4.69, 9.17) is 0 Å². The van der Waals surface area contributed by atoms with Crippen molar-refractivity contribution in [1.82, 2.24) is 14.8 Å². The molecule has 4 nitrogen and oxygen atoms in total. The smallest absolute Gasteiger partial charge is 0.240 e. The van der Waals surface area contributed by atoms with Gasteiger partial charge in [0, 0.05) is 42.3 Å². The average Bonchev–Trinajstić information content (AvgIpc) is 3.09. The number of fused-ring (bicyclic) bond motifs is 1. The normalized spacial score (nSPS) is 15.6. The highest BCUT2D eigenvalue weighted by Gasteiger charge is 2.21. The van der Waals surface area contributed by atoms with Gasteiger partial charge in [-0.05, 0) is 30.5 Å². The molecule has 0 bridgehead atoms. The molecule has 3 aromatic rings. The van der Waals surface area contributed by atoms with E-state index >= 15 is 0 Å². The Hall–Kier alpha value is -2.85. The third-order valence-electron chi connectivity index (χ3n) is 5.52. The monoisotopic (exact) mass is 373 g/mol. The minimum absolute atomic E-state index is 0.0840. The highest BCUT2D eigenvalue weighted by Crippen LogP contribution is 2.28. The van der Waals surface area contributed by atoms with Crippen molar-refractivity contribution in [2.75, 3.05) is 19.6 Å². The second-order valence-corrected chi connectivity index (χ2v) is 7.47. The molecule has 2 heterocycles. The maximum Gasteiger partial charge on any atom is 0.240 e. The zero-order valence-electron chi connectivity index (χ0n) is 16.2. The summed E-state index contributed by atoms with van der Waals surface area (Å²) in [6.45, 7) is 7.10. The van der Waals surface area contributed by atoms with Gasteiger partial charge in [-0.2, -0.15) is 0 Å². The number of amides is 1. The first-order valence-electron chi connectivity index (χ1n) is 10.0. The molecule has 1 aliphatic heterocycles.